The van der Waals surface area contributed by atoms with Crippen LogP contribution in [0.25, 0.3) is 0 Å². The van der Waals surface area contributed by atoms with Crippen LogP contribution in [0.4, 0.5) is 0 Å². The van der Waals surface area contributed by atoms with E-state index in [0.717, 1.165) is 18.0 Å². The van der Waals surface area contributed by atoms with Crippen molar-refractivity contribution in [2.45, 2.75) is 20.0 Å². The summed E-state index contributed by atoms with van der Waals surface area (Å²) in [4.78, 5) is 2.05. The van der Waals surface area contributed by atoms with Crippen molar-refractivity contribution in [3.05, 3.63) is 24.3 Å². The van der Waals surface area contributed by atoms with Gasteiger partial charge in [-0.3, -0.25) is 0 Å². The quantitative estimate of drug-likeness (QED) is 0.767. The van der Waals surface area contributed by atoms with Gasteiger partial charge in [-0.2, -0.15) is 0 Å². The molecule has 0 aliphatic rings. The molecule has 0 bridgehead atoms. The van der Waals surface area contributed by atoms with Crippen molar-refractivity contribution in [2.24, 2.45) is 0 Å². The van der Waals surface area contributed by atoms with Gasteiger partial charge in [0.2, 0.25) is 0 Å². The Hall–Kier alpha value is -1.26. The van der Waals surface area contributed by atoms with Gasteiger partial charge >= 0.3 is 0 Å². The first kappa shape index (κ1) is 14.8. The highest BCUT2D eigenvalue weighted by Gasteiger charge is 2.07. The molecule has 1 rings (SSSR count). The monoisotopic (exact) mass is 253 g/mol. The van der Waals surface area contributed by atoms with Crippen molar-refractivity contribution in [3.8, 4) is 11.5 Å². The van der Waals surface area contributed by atoms with E-state index in [1.54, 1.807) is 0 Å². The minimum Gasteiger partial charge on any atom is -0.494 e. The Kier molecular flexibility index (Phi) is 6.54. The van der Waals surface area contributed by atoms with Gasteiger partial charge in [-0.05, 0) is 44.8 Å². The Morgan fingerprint density at radius 3 is 2.17 bits per heavy atom. The first-order chi connectivity index (χ1) is 8.65. The highest BCUT2D eigenvalue weighted by molar-refractivity contribution is 5.31. The predicted octanol–water partition coefficient (Wildman–Crippen LogP) is 1.78. The molecule has 0 aliphatic carbocycles. The first-order valence-electron chi connectivity index (χ1n) is 6.38. The van der Waals surface area contributed by atoms with E-state index in [-0.39, 0.29) is 0 Å². The van der Waals surface area contributed by atoms with Gasteiger partial charge in [0.15, 0.2) is 0 Å². The van der Waals surface area contributed by atoms with E-state index in [1.807, 2.05) is 43.1 Å². The molecule has 0 amide bonds. The van der Waals surface area contributed by atoms with Crippen LogP contribution < -0.4 is 9.47 Å². The smallest absolute Gasteiger partial charge is 0.119 e. The summed E-state index contributed by atoms with van der Waals surface area (Å²) >= 11 is 0. The number of rotatable bonds is 8. The summed E-state index contributed by atoms with van der Waals surface area (Å²) in [5, 5.41) is 9.76. The maximum absolute atomic E-state index is 9.76. The molecule has 4 heteroatoms. The van der Waals surface area contributed by atoms with Crippen molar-refractivity contribution in [2.75, 3.05) is 33.4 Å². The number of benzene rings is 1. The summed E-state index contributed by atoms with van der Waals surface area (Å²) in [6.07, 6.45) is -0.471. The number of hydrogen-bond acceptors (Lipinski definition) is 4. The minimum atomic E-state index is -0.471. The van der Waals surface area contributed by atoms with E-state index in [2.05, 4.69) is 6.92 Å². The lowest BCUT2D eigenvalue weighted by molar-refractivity contribution is 0.0778. The topological polar surface area (TPSA) is 41.9 Å². The molecule has 0 fully saturated rings. The van der Waals surface area contributed by atoms with E-state index in [1.165, 1.54) is 0 Å². The molecule has 1 unspecified atom stereocenters. The van der Waals surface area contributed by atoms with Gasteiger partial charge in [0.1, 0.15) is 24.2 Å². The Morgan fingerprint density at radius 2 is 1.67 bits per heavy atom. The number of nitrogens with zero attached hydrogens (tertiary/aromatic N) is 1. The largest absolute Gasteiger partial charge is 0.494 e. The summed E-state index contributed by atoms with van der Waals surface area (Å²) in [5.41, 5.74) is 0. The van der Waals surface area contributed by atoms with Crippen LogP contribution >= 0.6 is 0 Å². The summed E-state index contributed by atoms with van der Waals surface area (Å²) < 4.78 is 10.9. The predicted molar refractivity (Wildman–Crippen MR) is 72.3 cm³/mol. The second-order valence-corrected chi connectivity index (χ2v) is 4.22. The number of hydrogen-bond donors (Lipinski definition) is 1. The van der Waals surface area contributed by atoms with Gasteiger partial charge < -0.3 is 19.5 Å². The van der Waals surface area contributed by atoms with Crippen molar-refractivity contribution in [3.63, 3.8) is 0 Å². The van der Waals surface area contributed by atoms with Gasteiger partial charge in [0, 0.05) is 6.54 Å². The average Bonchev–Trinajstić information content (AvgIpc) is 2.38. The molecule has 0 aromatic heterocycles. The fraction of sp³-hybridized carbons (Fsp3) is 0.571. The maximum atomic E-state index is 9.76. The average molecular weight is 253 g/mol. The van der Waals surface area contributed by atoms with E-state index in [9.17, 15) is 5.11 Å². The van der Waals surface area contributed by atoms with Crippen molar-refractivity contribution in [1.82, 2.24) is 4.90 Å². The van der Waals surface area contributed by atoms with Gasteiger partial charge in [0.05, 0.1) is 6.61 Å². The highest BCUT2D eigenvalue weighted by Crippen LogP contribution is 2.17. The molecular weight excluding hydrogens is 230 g/mol. The van der Waals surface area contributed by atoms with Crippen LogP contribution in [0.5, 0.6) is 11.5 Å². The van der Waals surface area contributed by atoms with Crippen LogP contribution in [0.3, 0.4) is 0 Å². The van der Waals surface area contributed by atoms with E-state index in [4.69, 9.17) is 9.47 Å². The van der Waals surface area contributed by atoms with Crippen molar-refractivity contribution < 1.29 is 14.6 Å². The fourth-order valence-electron chi connectivity index (χ4n) is 1.53. The summed E-state index contributed by atoms with van der Waals surface area (Å²) in [5.74, 6) is 1.58. The Morgan fingerprint density at radius 1 is 1.11 bits per heavy atom. The fourth-order valence-corrected chi connectivity index (χ4v) is 1.53. The van der Waals surface area contributed by atoms with Gasteiger partial charge in [-0.1, -0.05) is 6.92 Å². The summed E-state index contributed by atoms with van der Waals surface area (Å²) in [6, 6.07) is 7.43. The van der Waals surface area contributed by atoms with Crippen molar-refractivity contribution >= 4 is 0 Å². The molecule has 4 nitrogen and oxygen atoms in total. The van der Waals surface area contributed by atoms with Crippen LogP contribution in [-0.2, 0) is 0 Å². The third kappa shape index (κ3) is 5.38. The van der Waals surface area contributed by atoms with Gasteiger partial charge in [-0.25, -0.2) is 0 Å². The van der Waals surface area contributed by atoms with Crippen LogP contribution in [-0.4, -0.2) is 49.5 Å². The summed E-state index contributed by atoms with van der Waals surface area (Å²) in [6.45, 7) is 6.50. The SMILES string of the molecule is CCOc1ccc(OCC(O)CN(C)CC)cc1. The molecule has 102 valence electrons. The maximum Gasteiger partial charge on any atom is 0.119 e. The molecule has 0 heterocycles. The normalized spacial score (nSPS) is 12.5. The van der Waals surface area contributed by atoms with Crippen LogP contribution in [0, 0.1) is 0 Å². The highest BCUT2D eigenvalue weighted by atomic mass is 16.5. The molecule has 0 spiro atoms. The molecule has 1 aromatic carbocycles. The molecule has 0 saturated carbocycles. The second-order valence-electron chi connectivity index (χ2n) is 4.22. The van der Waals surface area contributed by atoms with E-state index in [0.29, 0.717) is 19.8 Å². The number of ether oxygens (including phenoxy) is 2. The van der Waals surface area contributed by atoms with Gasteiger partial charge in [0.25, 0.3) is 0 Å². The molecule has 1 atom stereocenters. The van der Waals surface area contributed by atoms with Crippen LogP contribution in [0.2, 0.25) is 0 Å². The van der Waals surface area contributed by atoms with Gasteiger partial charge in [-0.15, -0.1) is 0 Å². The minimum absolute atomic E-state index is 0.304. The standard InChI is InChI=1S/C14H23NO3/c1-4-15(3)10-12(16)11-18-14-8-6-13(7-9-14)17-5-2/h6-9,12,16H,4-5,10-11H2,1-3H3. The molecule has 1 aromatic rings. The van der Waals surface area contributed by atoms with Crippen molar-refractivity contribution in [1.29, 1.82) is 0 Å². The lowest BCUT2D eigenvalue weighted by atomic mass is 10.3. The zero-order valence-electron chi connectivity index (χ0n) is 11.4. The van der Waals surface area contributed by atoms with E-state index >= 15 is 0 Å². The van der Waals surface area contributed by atoms with E-state index < -0.39 is 6.10 Å². The molecule has 0 saturated heterocycles. The lowest BCUT2D eigenvalue weighted by Gasteiger charge is -2.19. The Bertz CT molecular complexity index is 326. The third-order valence-corrected chi connectivity index (χ3v) is 2.64. The Labute approximate surface area is 109 Å². The molecule has 1 N–H and O–H groups in total. The van der Waals surface area contributed by atoms with Crippen LogP contribution in [0.1, 0.15) is 13.8 Å². The molecule has 0 aliphatic heterocycles. The number of likely N-dealkylation sites (N-methyl/N-ethyl adjacent to an activating group) is 1. The molecule has 0 radical (unpaired) electrons. The lowest BCUT2D eigenvalue weighted by Crippen LogP contribution is -2.32. The number of aliphatic hydroxyl groups is 1. The number of aliphatic hydroxyl groups excluding tert-OH is 1. The second kappa shape index (κ2) is 7.95. The third-order valence-electron chi connectivity index (χ3n) is 2.64. The first-order valence-corrected chi connectivity index (χ1v) is 6.38. The van der Waals surface area contributed by atoms with Crippen LogP contribution in [0.15, 0.2) is 24.3 Å². The molecule has 18 heavy (non-hydrogen) atoms. The summed E-state index contributed by atoms with van der Waals surface area (Å²) in [7, 11) is 1.97. The zero-order chi connectivity index (χ0) is 13.4. The zero-order valence-corrected chi connectivity index (χ0v) is 11.4. The molecular formula is C14H23NO3. The Balaban J connectivity index is 2.34.